The van der Waals surface area contributed by atoms with Gasteiger partial charge in [-0.05, 0) is 0 Å². The Morgan fingerprint density at radius 3 is 0.188 bits per heavy atom. The molecule has 0 rings (SSSR count). The molecule has 0 aliphatic rings. The summed E-state index contributed by atoms with van der Waals surface area (Å²) in [4.78, 5) is 0. The zero-order chi connectivity index (χ0) is 0. The summed E-state index contributed by atoms with van der Waals surface area (Å²) in [5.74, 6) is 0. The predicted octanol–water partition coefficient (Wildman–Crippen LogP) is 2.87. The first-order valence-corrected chi connectivity index (χ1v) is 0. The topological polar surface area (TPSA) is 305 Å². The van der Waals surface area contributed by atoms with Crippen LogP contribution in [0.4, 0.5) is 0 Å². The third-order valence-corrected chi connectivity index (χ3v) is 0. The van der Waals surface area contributed by atoms with Crippen LogP contribution < -0.4 is 0 Å². The van der Waals surface area contributed by atoms with E-state index >= 15 is 0 Å². The minimum absolute atomic E-state index is 0. The Bertz CT molecular complexity index is 21.3. The molecule has 16 heavy (non-hydrogen) atoms. The fourth-order valence-electron chi connectivity index (χ4n) is 0. The Morgan fingerprint density at radius 1 is 0.188 bits per heavy atom. The largest absolute Gasteiger partial charge is 5.00 e. The van der Waals surface area contributed by atoms with Crippen molar-refractivity contribution in [1.82, 2.24) is 0 Å². The molecule has 0 aromatic heterocycles. The van der Waals surface area contributed by atoms with Crippen molar-refractivity contribution in [2.45, 2.75) is 0 Å². The molecule has 0 saturated carbocycles. The van der Waals surface area contributed by atoms with Gasteiger partial charge in [0.25, 0.3) is 0 Å². The second-order valence-electron chi connectivity index (χ2n) is 0. The van der Waals surface area contributed by atoms with Gasteiger partial charge in [0.15, 0.2) is 0 Å². The van der Waals surface area contributed by atoms with E-state index < -0.39 is 0 Å². The molecule has 0 aromatic carbocycles. The SMILES string of the molecule is [N-3].[N-3].[N-3].[N-3].[N-3].[N-3].[N-3].[N-3].[N-3].[N-3].[Ta+5].[Ta+5].[Ta+5].[V+5].[V+5].[V+5]. The maximum atomic E-state index is 0. The van der Waals surface area contributed by atoms with Crippen LogP contribution in [0.15, 0.2) is 0 Å². The normalized spacial score (nSPS) is 0. The quantitative estimate of drug-likeness (QED) is 0.340. The molecule has 80 valence electrons. The van der Waals surface area contributed by atoms with E-state index in [4.69, 9.17) is 0 Å². The van der Waals surface area contributed by atoms with E-state index in [-0.39, 0.29) is 184 Å². The molecule has 0 spiro atoms. The molecule has 0 atom stereocenters. The van der Waals surface area contributed by atoms with Crippen molar-refractivity contribution in [2.75, 3.05) is 0 Å². The van der Waals surface area contributed by atoms with Crippen molar-refractivity contribution in [1.29, 1.82) is 0 Å². The van der Waals surface area contributed by atoms with Crippen LogP contribution in [-0.4, -0.2) is 0 Å². The smallest absolute Gasteiger partial charge is 3.00 e. The van der Waals surface area contributed by atoms with Crippen LogP contribution in [0.25, 0.3) is 61.5 Å². The monoisotopic (exact) mass is 836 g/mol. The van der Waals surface area contributed by atoms with Gasteiger partial charge in [0.1, 0.15) is 0 Å². The fourth-order valence-corrected chi connectivity index (χ4v) is 0. The summed E-state index contributed by atoms with van der Waals surface area (Å²) >= 11 is 0. The third-order valence-electron chi connectivity index (χ3n) is 0. The van der Waals surface area contributed by atoms with Gasteiger partial charge in [-0.3, -0.25) is 0 Å². The summed E-state index contributed by atoms with van der Waals surface area (Å²) < 4.78 is 0. The average Bonchev–Trinajstić information content (AvgIpc) is 0. The molecule has 0 unspecified atom stereocenters. The molecular formula is N10Ta3V3. The first-order chi connectivity index (χ1) is 0. The van der Waals surface area contributed by atoms with Crippen LogP contribution >= 0.6 is 0 Å². The molecule has 10 nitrogen and oxygen atoms in total. The number of hydrogen-bond acceptors (Lipinski definition) is 0. The van der Waals surface area contributed by atoms with Crippen LogP contribution in [0, 0.1) is 0 Å². The Hall–Kier alpha value is 3.57. The van der Waals surface area contributed by atoms with Crippen molar-refractivity contribution in [3.63, 3.8) is 0 Å². The van der Waals surface area contributed by atoms with E-state index in [9.17, 15) is 0 Å². The molecule has 0 amide bonds. The van der Waals surface area contributed by atoms with Gasteiger partial charge in [0.05, 0.1) is 0 Å². The summed E-state index contributed by atoms with van der Waals surface area (Å²) in [6, 6.07) is 0. The Kier molecular flexibility index (Phi) is 14800. The Labute approximate surface area is 182 Å². The van der Waals surface area contributed by atoms with Crippen LogP contribution in [0.1, 0.15) is 0 Å². The van der Waals surface area contributed by atoms with Crippen LogP contribution in [-0.2, 0) is 123 Å². The Balaban J connectivity index is 0. The van der Waals surface area contributed by atoms with Crippen molar-refractivity contribution >= 4 is 0 Å². The van der Waals surface area contributed by atoms with E-state index in [0.717, 1.165) is 0 Å². The molecule has 0 aliphatic heterocycles. The van der Waals surface area contributed by atoms with Gasteiger partial charge in [-0.25, -0.2) is 0 Å². The maximum absolute atomic E-state index is 0. The minimum atomic E-state index is 0. The van der Waals surface area contributed by atoms with Gasteiger partial charge in [-0.2, -0.15) is 0 Å². The zero-order valence-electron chi connectivity index (χ0n) is 7.16. The average molecular weight is 836 g/mol. The molecule has 0 radical (unpaired) electrons. The van der Waals surface area contributed by atoms with Crippen molar-refractivity contribution in [3.05, 3.63) is 61.5 Å². The number of nitrogens with zero attached hydrogens (tertiary/aromatic N) is 10. The van der Waals surface area contributed by atoms with Gasteiger partial charge in [-0.1, -0.05) is 0 Å². The molecule has 0 heterocycles. The molecular weight excluding hydrogens is 836 g/mol. The summed E-state index contributed by atoms with van der Waals surface area (Å²) in [6.07, 6.45) is 0. The standard InChI is InChI=1S/10N.3Ta.3V/q10*-3;6*+5. The van der Waals surface area contributed by atoms with Gasteiger partial charge >= 0.3 is 123 Å². The summed E-state index contributed by atoms with van der Waals surface area (Å²) in [5.41, 5.74) is 0. The van der Waals surface area contributed by atoms with Crippen LogP contribution in [0.2, 0.25) is 0 Å². The molecule has 0 aliphatic carbocycles. The molecule has 0 bridgehead atoms. The third kappa shape index (κ3) is 378. The van der Waals surface area contributed by atoms with E-state index in [2.05, 4.69) is 0 Å². The molecule has 0 fully saturated rings. The van der Waals surface area contributed by atoms with Gasteiger partial charge in [0.2, 0.25) is 0 Å². The number of hydrogen-bond donors (Lipinski definition) is 0. The van der Waals surface area contributed by atoms with Crippen molar-refractivity contribution in [3.8, 4) is 0 Å². The van der Waals surface area contributed by atoms with E-state index in [1.54, 1.807) is 0 Å². The summed E-state index contributed by atoms with van der Waals surface area (Å²) in [5, 5.41) is 0. The molecule has 0 saturated heterocycles. The predicted molar refractivity (Wildman–Crippen MR) is 33.6 cm³/mol. The van der Waals surface area contributed by atoms with Crippen LogP contribution in [0.5, 0.6) is 0 Å². The number of rotatable bonds is 0. The summed E-state index contributed by atoms with van der Waals surface area (Å²) in [7, 11) is 0. The van der Waals surface area contributed by atoms with E-state index in [0.29, 0.717) is 0 Å². The van der Waals surface area contributed by atoms with Crippen molar-refractivity contribution in [2.24, 2.45) is 0 Å². The second kappa shape index (κ2) is 449. The molecule has 16 heteroatoms. The second-order valence-corrected chi connectivity index (χ2v) is 0. The summed E-state index contributed by atoms with van der Waals surface area (Å²) in [6.45, 7) is 0. The van der Waals surface area contributed by atoms with Gasteiger partial charge in [-0.15, -0.1) is 0 Å². The van der Waals surface area contributed by atoms with E-state index in [1.807, 2.05) is 0 Å². The first kappa shape index (κ1) is 529. The van der Waals surface area contributed by atoms with Crippen molar-refractivity contribution < 1.29 is 123 Å². The van der Waals surface area contributed by atoms with E-state index in [1.165, 1.54) is 0 Å². The van der Waals surface area contributed by atoms with Gasteiger partial charge < -0.3 is 61.5 Å². The maximum Gasteiger partial charge on any atom is 5.00 e. The Morgan fingerprint density at radius 2 is 0.188 bits per heavy atom. The minimum Gasteiger partial charge on any atom is -3.00 e. The van der Waals surface area contributed by atoms with Gasteiger partial charge in [0, 0.05) is 0 Å². The fraction of sp³-hybridized carbons (Fsp3) is 0. The molecule has 0 N–H and O–H groups in total. The first-order valence-electron chi connectivity index (χ1n) is 0. The molecule has 0 aromatic rings. The zero-order valence-corrected chi connectivity index (χ0v) is 21.0. The van der Waals surface area contributed by atoms with Crippen LogP contribution in [0.3, 0.4) is 0 Å².